The number of hydrogen-bond donors (Lipinski definition) is 1. The molecule has 0 unspecified atom stereocenters. The monoisotopic (exact) mass is 198 g/mol. The molecule has 0 amide bonds. The summed E-state index contributed by atoms with van der Waals surface area (Å²) in [7, 11) is 0. The molecule has 1 aromatic carbocycles. The maximum absolute atomic E-state index is 4.15. The Hall–Kier alpha value is -2.10. The van der Waals surface area contributed by atoms with E-state index in [2.05, 4.69) is 33.6 Å². The molecule has 0 atom stereocenters. The van der Waals surface area contributed by atoms with Gasteiger partial charge in [-0.05, 0) is 12.1 Å². The van der Waals surface area contributed by atoms with Gasteiger partial charge in [0.15, 0.2) is 0 Å². The van der Waals surface area contributed by atoms with Crippen LogP contribution in [0.4, 0.5) is 5.69 Å². The minimum Gasteiger partial charge on any atom is -0.381 e. The second-order valence-electron chi connectivity index (χ2n) is 3.36. The third kappa shape index (κ3) is 1.30. The van der Waals surface area contributed by atoms with Crippen LogP contribution in [0.15, 0.2) is 43.0 Å². The highest BCUT2D eigenvalue weighted by molar-refractivity contribution is 5.78. The van der Waals surface area contributed by atoms with E-state index in [1.165, 1.54) is 0 Å². The van der Waals surface area contributed by atoms with Crippen LogP contribution in [0.25, 0.3) is 5.70 Å². The van der Waals surface area contributed by atoms with Gasteiger partial charge in [-0.3, -0.25) is 0 Å². The molecule has 1 aliphatic heterocycles. The zero-order chi connectivity index (χ0) is 10.1. The number of hydrogen-bond acceptors (Lipinski definition) is 3. The summed E-state index contributed by atoms with van der Waals surface area (Å²) in [6.07, 6.45) is 5.37. The van der Waals surface area contributed by atoms with Crippen LogP contribution in [-0.4, -0.2) is 21.3 Å². The van der Waals surface area contributed by atoms with Crippen molar-refractivity contribution in [2.24, 2.45) is 0 Å². The van der Waals surface area contributed by atoms with Gasteiger partial charge in [-0.15, -0.1) is 0 Å². The highest BCUT2D eigenvalue weighted by Gasteiger charge is 2.12. The van der Waals surface area contributed by atoms with E-state index >= 15 is 0 Å². The molecule has 1 aliphatic rings. The third-order valence-electron chi connectivity index (χ3n) is 2.46. The minimum atomic E-state index is 0.826. The van der Waals surface area contributed by atoms with E-state index in [1.54, 1.807) is 17.3 Å². The first kappa shape index (κ1) is 8.23. The van der Waals surface area contributed by atoms with Gasteiger partial charge in [0.2, 0.25) is 0 Å². The first-order valence-electron chi connectivity index (χ1n) is 4.83. The molecule has 2 aromatic rings. The second-order valence-corrected chi connectivity index (χ2v) is 3.36. The lowest BCUT2D eigenvalue weighted by Gasteiger charge is -2.18. The predicted octanol–water partition coefficient (Wildman–Crippen LogP) is 1.59. The van der Waals surface area contributed by atoms with Crippen molar-refractivity contribution in [2.45, 2.75) is 0 Å². The van der Waals surface area contributed by atoms with Crippen molar-refractivity contribution in [1.82, 2.24) is 14.8 Å². The van der Waals surface area contributed by atoms with Gasteiger partial charge in [0.1, 0.15) is 12.7 Å². The summed E-state index contributed by atoms with van der Waals surface area (Å²) >= 11 is 0. The molecule has 15 heavy (non-hydrogen) atoms. The molecule has 0 bridgehead atoms. The highest BCUT2D eigenvalue weighted by atomic mass is 15.3. The van der Waals surface area contributed by atoms with Crippen molar-refractivity contribution in [3.8, 4) is 0 Å². The average molecular weight is 198 g/mol. The normalized spacial score (nSPS) is 14.0. The molecule has 0 radical (unpaired) electrons. The number of rotatable bonds is 1. The van der Waals surface area contributed by atoms with E-state index < -0.39 is 0 Å². The summed E-state index contributed by atoms with van der Waals surface area (Å²) in [6, 6.07) is 8.20. The number of nitrogens with one attached hydrogen (secondary N) is 1. The lowest BCUT2D eigenvalue weighted by Crippen LogP contribution is -2.12. The molecule has 0 saturated heterocycles. The predicted molar refractivity (Wildman–Crippen MR) is 58.3 cm³/mol. The van der Waals surface area contributed by atoms with Gasteiger partial charge >= 0.3 is 0 Å². The van der Waals surface area contributed by atoms with E-state index in [0.717, 1.165) is 23.5 Å². The molecule has 0 fully saturated rings. The van der Waals surface area contributed by atoms with Crippen molar-refractivity contribution in [2.75, 3.05) is 11.9 Å². The fourth-order valence-corrected chi connectivity index (χ4v) is 1.78. The standard InChI is InChI=1S/C11H10N4/c1-2-4-10-9(3-1)11(5-6-13-10)15-8-12-7-14-15/h1-5,7-8,13H,6H2. The fraction of sp³-hybridized carbons (Fsp3) is 0.0909. The molecular formula is C11H10N4. The zero-order valence-corrected chi connectivity index (χ0v) is 8.09. The Kier molecular flexibility index (Phi) is 1.78. The molecule has 0 spiro atoms. The van der Waals surface area contributed by atoms with E-state index in [9.17, 15) is 0 Å². The summed E-state index contributed by atoms with van der Waals surface area (Å²) in [5.74, 6) is 0. The molecule has 3 rings (SSSR count). The summed E-state index contributed by atoms with van der Waals surface area (Å²) in [5, 5.41) is 7.46. The van der Waals surface area contributed by atoms with E-state index in [1.807, 2.05) is 12.1 Å². The van der Waals surface area contributed by atoms with E-state index in [0.29, 0.717) is 0 Å². The molecule has 0 saturated carbocycles. The van der Waals surface area contributed by atoms with Crippen molar-refractivity contribution in [1.29, 1.82) is 0 Å². The molecular weight excluding hydrogens is 188 g/mol. The lowest BCUT2D eigenvalue weighted by molar-refractivity contribution is 0.896. The number of nitrogens with zero attached hydrogens (tertiary/aromatic N) is 3. The van der Waals surface area contributed by atoms with Crippen LogP contribution >= 0.6 is 0 Å². The van der Waals surface area contributed by atoms with Gasteiger partial charge in [-0.25, -0.2) is 9.67 Å². The van der Waals surface area contributed by atoms with Gasteiger partial charge < -0.3 is 5.32 Å². The van der Waals surface area contributed by atoms with Crippen LogP contribution < -0.4 is 5.32 Å². The van der Waals surface area contributed by atoms with Gasteiger partial charge in [0, 0.05) is 17.8 Å². The van der Waals surface area contributed by atoms with Crippen LogP contribution in [0, 0.1) is 0 Å². The number of para-hydroxylation sites is 1. The lowest BCUT2D eigenvalue weighted by atomic mass is 10.1. The number of anilines is 1. The number of benzene rings is 1. The van der Waals surface area contributed by atoms with Gasteiger partial charge in [-0.1, -0.05) is 18.2 Å². The van der Waals surface area contributed by atoms with Crippen LogP contribution in [0.1, 0.15) is 5.56 Å². The van der Waals surface area contributed by atoms with Crippen molar-refractivity contribution in [3.63, 3.8) is 0 Å². The molecule has 1 aromatic heterocycles. The zero-order valence-electron chi connectivity index (χ0n) is 8.09. The van der Waals surface area contributed by atoms with Gasteiger partial charge in [-0.2, -0.15) is 5.10 Å². The maximum atomic E-state index is 4.15. The largest absolute Gasteiger partial charge is 0.381 e. The Balaban J connectivity index is 2.15. The first-order valence-corrected chi connectivity index (χ1v) is 4.83. The Morgan fingerprint density at radius 3 is 3.07 bits per heavy atom. The quantitative estimate of drug-likeness (QED) is 0.756. The van der Waals surface area contributed by atoms with Gasteiger partial charge in [0.05, 0.1) is 5.70 Å². The molecule has 74 valence electrons. The smallest absolute Gasteiger partial charge is 0.138 e. The van der Waals surface area contributed by atoms with Crippen molar-refractivity contribution in [3.05, 3.63) is 48.6 Å². The molecule has 4 nitrogen and oxygen atoms in total. The number of aromatic nitrogens is 3. The van der Waals surface area contributed by atoms with Gasteiger partial charge in [0.25, 0.3) is 0 Å². The van der Waals surface area contributed by atoms with Crippen molar-refractivity contribution < 1.29 is 0 Å². The summed E-state index contributed by atoms with van der Waals surface area (Å²) in [5.41, 5.74) is 3.39. The maximum Gasteiger partial charge on any atom is 0.138 e. The van der Waals surface area contributed by atoms with Crippen LogP contribution in [0.3, 0.4) is 0 Å². The highest BCUT2D eigenvalue weighted by Crippen LogP contribution is 2.27. The molecule has 0 aliphatic carbocycles. The average Bonchev–Trinajstić information content (AvgIpc) is 2.82. The molecule has 2 heterocycles. The van der Waals surface area contributed by atoms with E-state index in [-0.39, 0.29) is 0 Å². The number of fused-ring (bicyclic) bond motifs is 1. The first-order chi connectivity index (χ1) is 7.45. The van der Waals surface area contributed by atoms with Crippen LogP contribution in [0.5, 0.6) is 0 Å². The SMILES string of the molecule is C1=C(n2cncn2)c2ccccc2NC1. The molecule has 4 heteroatoms. The summed E-state index contributed by atoms with van der Waals surface area (Å²) in [4.78, 5) is 3.96. The molecule has 1 N–H and O–H groups in total. The summed E-state index contributed by atoms with van der Waals surface area (Å²) < 4.78 is 1.79. The Bertz CT molecular complexity index is 499. The topological polar surface area (TPSA) is 42.7 Å². The van der Waals surface area contributed by atoms with Crippen LogP contribution in [-0.2, 0) is 0 Å². The Morgan fingerprint density at radius 2 is 2.20 bits per heavy atom. The fourth-order valence-electron chi connectivity index (χ4n) is 1.78. The van der Waals surface area contributed by atoms with Crippen LogP contribution in [0.2, 0.25) is 0 Å². The Labute approximate surface area is 87.3 Å². The Morgan fingerprint density at radius 1 is 1.27 bits per heavy atom. The van der Waals surface area contributed by atoms with Crippen molar-refractivity contribution >= 4 is 11.4 Å². The second kappa shape index (κ2) is 3.24. The minimum absolute atomic E-state index is 0.826. The summed E-state index contributed by atoms with van der Waals surface area (Å²) in [6.45, 7) is 0.826. The van der Waals surface area contributed by atoms with E-state index in [4.69, 9.17) is 0 Å². The third-order valence-corrected chi connectivity index (χ3v) is 2.46.